The first-order valence-electron chi connectivity index (χ1n) is 17.4. The van der Waals surface area contributed by atoms with Crippen molar-refractivity contribution in [1.82, 2.24) is 19.5 Å². The summed E-state index contributed by atoms with van der Waals surface area (Å²) in [7, 11) is 0. The topological polar surface area (TPSA) is 43.6 Å². The second kappa shape index (κ2) is 12.6. The summed E-state index contributed by atoms with van der Waals surface area (Å²) in [6.45, 7) is 0. The summed E-state index contributed by atoms with van der Waals surface area (Å²) in [5.41, 5.74) is 11.0. The van der Waals surface area contributed by atoms with Crippen LogP contribution >= 0.6 is 11.3 Å². The molecule has 7 aromatic carbocycles. The zero-order valence-electron chi connectivity index (χ0n) is 28.0. The van der Waals surface area contributed by atoms with Crippen LogP contribution in [0.15, 0.2) is 182 Å². The van der Waals surface area contributed by atoms with Crippen LogP contribution in [0, 0.1) is 0 Å². The van der Waals surface area contributed by atoms with Crippen LogP contribution in [-0.4, -0.2) is 19.5 Å². The zero-order valence-corrected chi connectivity index (χ0v) is 28.8. The summed E-state index contributed by atoms with van der Waals surface area (Å²) in [6, 6.07) is 63.9. The molecule has 5 heteroatoms. The highest BCUT2D eigenvalue weighted by molar-refractivity contribution is 7.26. The van der Waals surface area contributed by atoms with Crippen molar-refractivity contribution in [3.63, 3.8) is 0 Å². The van der Waals surface area contributed by atoms with E-state index in [-0.39, 0.29) is 0 Å². The number of rotatable bonds is 6. The number of benzene rings is 7. The molecule has 0 N–H and O–H groups in total. The van der Waals surface area contributed by atoms with E-state index in [4.69, 9.17) is 15.0 Å². The second-order valence-electron chi connectivity index (χ2n) is 12.9. The number of fused-ring (bicyclic) bond motifs is 5. The molecular weight excluding hydrogens is 653 g/mol. The van der Waals surface area contributed by atoms with Crippen LogP contribution in [0.5, 0.6) is 0 Å². The highest BCUT2D eigenvalue weighted by Crippen LogP contribution is 2.44. The van der Waals surface area contributed by atoms with Crippen LogP contribution < -0.4 is 0 Å². The molecule has 10 rings (SSSR count). The molecule has 4 nitrogen and oxygen atoms in total. The Morgan fingerprint density at radius 1 is 0.365 bits per heavy atom. The average Bonchev–Trinajstić information content (AvgIpc) is 3.76. The maximum Gasteiger partial charge on any atom is 0.164 e. The normalized spacial score (nSPS) is 11.5. The van der Waals surface area contributed by atoms with Gasteiger partial charge in [-0.1, -0.05) is 140 Å². The molecule has 0 fully saturated rings. The lowest BCUT2D eigenvalue weighted by Gasteiger charge is -2.14. The van der Waals surface area contributed by atoms with Gasteiger partial charge in [0.05, 0.1) is 15.7 Å². The van der Waals surface area contributed by atoms with Gasteiger partial charge in [-0.3, -0.25) is 0 Å². The lowest BCUT2D eigenvalue weighted by atomic mass is 9.98. The highest BCUT2D eigenvalue weighted by Gasteiger charge is 2.21. The first-order valence-corrected chi connectivity index (χ1v) is 18.2. The van der Waals surface area contributed by atoms with E-state index in [1.165, 1.54) is 47.9 Å². The average molecular weight is 683 g/mol. The maximum atomic E-state index is 5.06. The van der Waals surface area contributed by atoms with Gasteiger partial charge in [0.2, 0.25) is 0 Å². The molecule has 0 bridgehead atoms. The van der Waals surface area contributed by atoms with E-state index in [0.29, 0.717) is 17.5 Å². The van der Waals surface area contributed by atoms with Crippen molar-refractivity contribution < 1.29 is 0 Å². The van der Waals surface area contributed by atoms with E-state index in [1.807, 2.05) is 72.0 Å². The Labute approximate surface area is 305 Å². The van der Waals surface area contributed by atoms with Gasteiger partial charge in [0.15, 0.2) is 17.5 Å². The SMILES string of the molecule is c1ccc(-c2cc(-c3ccccc3)cc(-n3c4ccc(-c5nc(-c6ccccc6)nc(-c6ccccc6)n5)cc4c4sc5ccccc5c43)c2)cc1. The number of aromatic nitrogens is 4. The highest BCUT2D eigenvalue weighted by atomic mass is 32.1. The number of hydrogen-bond acceptors (Lipinski definition) is 4. The van der Waals surface area contributed by atoms with Crippen molar-refractivity contribution in [3.8, 4) is 62.1 Å². The summed E-state index contributed by atoms with van der Waals surface area (Å²) < 4.78 is 4.95. The third kappa shape index (κ3) is 5.27. The Bertz CT molecular complexity index is 2760. The first kappa shape index (κ1) is 30.2. The van der Waals surface area contributed by atoms with Gasteiger partial charge in [0.1, 0.15) is 0 Å². The molecule has 0 aliphatic carbocycles. The van der Waals surface area contributed by atoms with E-state index in [9.17, 15) is 0 Å². The fourth-order valence-electron chi connectivity index (χ4n) is 7.15. The van der Waals surface area contributed by atoms with Gasteiger partial charge >= 0.3 is 0 Å². The lowest BCUT2D eigenvalue weighted by molar-refractivity contribution is 1.07. The van der Waals surface area contributed by atoms with Crippen LogP contribution in [0.4, 0.5) is 0 Å². The van der Waals surface area contributed by atoms with Crippen molar-refractivity contribution >= 4 is 42.5 Å². The summed E-state index contributed by atoms with van der Waals surface area (Å²) in [4.78, 5) is 15.0. The van der Waals surface area contributed by atoms with E-state index in [1.54, 1.807) is 0 Å². The van der Waals surface area contributed by atoms with Gasteiger partial charge < -0.3 is 4.57 Å². The fourth-order valence-corrected chi connectivity index (χ4v) is 8.36. The largest absolute Gasteiger partial charge is 0.308 e. The summed E-state index contributed by atoms with van der Waals surface area (Å²) in [5.74, 6) is 1.95. The quantitative estimate of drug-likeness (QED) is 0.175. The molecule has 3 aromatic heterocycles. The standard InChI is InChI=1S/C47H30N4S/c1-5-15-31(16-6-1)36-27-37(32-17-7-2-8-18-32)29-38(28-36)51-41-26-25-35(30-40(41)44-43(51)39-23-13-14-24-42(39)52-44)47-49-45(33-19-9-3-10-20-33)48-46(50-47)34-21-11-4-12-22-34/h1-30H. The molecule has 0 unspecified atom stereocenters. The monoisotopic (exact) mass is 682 g/mol. The molecule has 0 radical (unpaired) electrons. The second-order valence-corrected chi connectivity index (χ2v) is 13.9. The minimum Gasteiger partial charge on any atom is -0.308 e. The molecule has 0 aliphatic heterocycles. The first-order chi connectivity index (χ1) is 25.8. The molecule has 10 aromatic rings. The zero-order chi connectivity index (χ0) is 34.4. The molecule has 0 atom stereocenters. The molecule has 244 valence electrons. The van der Waals surface area contributed by atoms with Crippen LogP contribution in [0.1, 0.15) is 0 Å². The Morgan fingerprint density at radius 2 is 0.846 bits per heavy atom. The van der Waals surface area contributed by atoms with Gasteiger partial charge in [-0.05, 0) is 64.7 Å². The molecule has 0 spiro atoms. The molecule has 0 saturated carbocycles. The number of nitrogens with zero attached hydrogens (tertiary/aromatic N) is 4. The molecule has 52 heavy (non-hydrogen) atoms. The number of thiophene rings is 1. The van der Waals surface area contributed by atoms with Crippen molar-refractivity contribution in [2.45, 2.75) is 0 Å². The van der Waals surface area contributed by atoms with Crippen LogP contribution in [0.3, 0.4) is 0 Å². The van der Waals surface area contributed by atoms with E-state index >= 15 is 0 Å². The van der Waals surface area contributed by atoms with Gasteiger partial charge in [0, 0.05) is 37.9 Å². The third-order valence-electron chi connectivity index (χ3n) is 9.62. The fraction of sp³-hybridized carbons (Fsp3) is 0. The van der Waals surface area contributed by atoms with E-state index < -0.39 is 0 Å². The Balaban J connectivity index is 1.23. The molecule has 0 saturated heterocycles. The minimum absolute atomic E-state index is 0.647. The van der Waals surface area contributed by atoms with Crippen LogP contribution in [0.2, 0.25) is 0 Å². The van der Waals surface area contributed by atoms with Crippen LogP contribution in [0.25, 0.3) is 93.3 Å². The van der Waals surface area contributed by atoms with Gasteiger partial charge in [-0.15, -0.1) is 11.3 Å². The van der Waals surface area contributed by atoms with E-state index in [2.05, 4.69) is 126 Å². The van der Waals surface area contributed by atoms with Crippen molar-refractivity contribution in [2.24, 2.45) is 0 Å². The molecule has 3 heterocycles. The minimum atomic E-state index is 0.647. The smallest absolute Gasteiger partial charge is 0.164 e. The number of hydrogen-bond donors (Lipinski definition) is 0. The summed E-state index contributed by atoms with van der Waals surface area (Å²) in [5, 5.41) is 2.41. The Hall–Kier alpha value is -6.69. The predicted octanol–water partition coefficient (Wildman–Crippen LogP) is 12.5. The van der Waals surface area contributed by atoms with Gasteiger partial charge in [-0.25, -0.2) is 15.0 Å². The van der Waals surface area contributed by atoms with Gasteiger partial charge in [-0.2, -0.15) is 0 Å². The maximum absolute atomic E-state index is 5.06. The van der Waals surface area contributed by atoms with Crippen LogP contribution in [-0.2, 0) is 0 Å². The predicted molar refractivity (Wildman–Crippen MR) is 217 cm³/mol. The third-order valence-corrected chi connectivity index (χ3v) is 10.8. The summed E-state index contributed by atoms with van der Waals surface area (Å²) in [6.07, 6.45) is 0. The molecule has 0 aliphatic rings. The lowest BCUT2D eigenvalue weighted by Crippen LogP contribution is -2.00. The summed E-state index contributed by atoms with van der Waals surface area (Å²) >= 11 is 1.84. The molecular formula is C47H30N4S. The van der Waals surface area contributed by atoms with Gasteiger partial charge in [0.25, 0.3) is 0 Å². The van der Waals surface area contributed by atoms with Crippen molar-refractivity contribution in [1.29, 1.82) is 0 Å². The van der Waals surface area contributed by atoms with Crippen molar-refractivity contribution in [3.05, 3.63) is 182 Å². The molecule has 0 amide bonds. The van der Waals surface area contributed by atoms with Crippen molar-refractivity contribution in [2.75, 3.05) is 0 Å². The van der Waals surface area contributed by atoms with E-state index in [0.717, 1.165) is 27.9 Å². The Morgan fingerprint density at radius 3 is 1.40 bits per heavy atom. The Kier molecular flexibility index (Phi) is 7.29.